The first kappa shape index (κ1) is 14.8. The van der Waals surface area contributed by atoms with Crippen molar-refractivity contribution in [2.45, 2.75) is 39.4 Å². The van der Waals surface area contributed by atoms with E-state index in [1.54, 1.807) is 17.4 Å². The number of rotatable bonds is 6. The molecule has 2 aromatic heterocycles. The molecule has 0 aliphatic heterocycles. The van der Waals surface area contributed by atoms with Crippen molar-refractivity contribution in [2.24, 2.45) is 0 Å². The molecule has 2 rings (SSSR count). The first-order chi connectivity index (χ1) is 9.49. The second-order valence-electron chi connectivity index (χ2n) is 5.03. The molecule has 2 aromatic rings. The zero-order valence-corrected chi connectivity index (χ0v) is 12.7. The third kappa shape index (κ3) is 3.29. The number of aromatic carboxylic acids is 1. The fraction of sp³-hybridized carbons (Fsp3) is 0.400. The fourth-order valence-electron chi connectivity index (χ4n) is 2.20. The Morgan fingerprint density at radius 2 is 2.10 bits per heavy atom. The Morgan fingerprint density at radius 1 is 1.35 bits per heavy atom. The standard InChI is InChI=1S/C15H19NO3S/c1-10(2)16(9-12-5-4-8-20-12)11(3)13-6-7-14(19-13)15(17)18/h4-8,10-11H,9H2,1-3H3,(H,17,18). The van der Waals surface area contributed by atoms with Gasteiger partial charge in [-0.3, -0.25) is 4.90 Å². The van der Waals surface area contributed by atoms with Gasteiger partial charge in [0.15, 0.2) is 0 Å². The molecule has 1 N–H and O–H groups in total. The Hall–Kier alpha value is -1.59. The SMILES string of the molecule is CC(C)N(Cc1cccs1)C(C)c1ccc(C(=O)O)o1. The van der Waals surface area contributed by atoms with Gasteiger partial charge in [0.25, 0.3) is 0 Å². The number of hydrogen-bond acceptors (Lipinski definition) is 4. The predicted octanol–water partition coefficient (Wildman–Crippen LogP) is 4.01. The summed E-state index contributed by atoms with van der Waals surface area (Å²) in [4.78, 5) is 14.5. The lowest BCUT2D eigenvalue weighted by molar-refractivity contribution is 0.0653. The number of nitrogens with zero attached hydrogens (tertiary/aromatic N) is 1. The van der Waals surface area contributed by atoms with E-state index in [2.05, 4.69) is 30.2 Å². The smallest absolute Gasteiger partial charge is 0.371 e. The lowest BCUT2D eigenvalue weighted by atomic mass is 10.1. The van der Waals surface area contributed by atoms with Crippen LogP contribution in [-0.2, 0) is 6.54 Å². The van der Waals surface area contributed by atoms with Gasteiger partial charge in [-0.05, 0) is 44.4 Å². The van der Waals surface area contributed by atoms with Gasteiger partial charge in [-0.2, -0.15) is 0 Å². The van der Waals surface area contributed by atoms with Crippen LogP contribution in [0.2, 0.25) is 0 Å². The van der Waals surface area contributed by atoms with Gasteiger partial charge < -0.3 is 9.52 Å². The lowest BCUT2D eigenvalue weighted by Crippen LogP contribution is -2.32. The number of thiophene rings is 1. The average Bonchev–Trinajstić information content (AvgIpc) is 3.06. The molecule has 1 atom stereocenters. The molecule has 0 spiro atoms. The van der Waals surface area contributed by atoms with E-state index in [4.69, 9.17) is 9.52 Å². The van der Waals surface area contributed by atoms with Crippen molar-refractivity contribution in [3.05, 3.63) is 46.0 Å². The minimum Gasteiger partial charge on any atom is -0.475 e. The van der Waals surface area contributed by atoms with E-state index in [1.165, 1.54) is 10.9 Å². The molecule has 0 aromatic carbocycles. The summed E-state index contributed by atoms with van der Waals surface area (Å²) >= 11 is 1.72. The van der Waals surface area contributed by atoms with E-state index in [-0.39, 0.29) is 11.8 Å². The molecule has 0 radical (unpaired) electrons. The lowest BCUT2D eigenvalue weighted by Gasteiger charge is -2.31. The Balaban J connectivity index is 2.17. The first-order valence-corrected chi connectivity index (χ1v) is 7.48. The van der Waals surface area contributed by atoms with Crippen LogP contribution in [0.15, 0.2) is 34.1 Å². The molecule has 20 heavy (non-hydrogen) atoms. The quantitative estimate of drug-likeness (QED) is 0.874. The van der Waals surface area contributed by atoms with E-state index < -0.39 is 5.97 Å². The van der Waals surface area contributed by atoms with Gasteiger partial charge in [0.05, 0.1) is 6.04 Å². The zero-order valence-electron chi connectivity index (χ0n) is 11.9. The van der Waals surface area contributed by atoms with Crippen LogP contribution in [-0.4, -0.2) is 22.0 Å². The number of hydrogen-bond donors (Lipinski definition) is 1. The second-order valence-corrected chi connectivity index (χ2v) is 6.06. The van der Waals surface area contributed by atoms with E-state index >= 15 is 0 Å². The van der Waals surface area contributed by atoms with Crippen LogP contribution in [0.5, 0.6) is 0 Å². The normalized spacial score (nSPS) is 13.1. The molecule has 108 valence electrons. The topological polar surface area (TPSA) is 53.7 Å². The molecule has 4 nitrogen and oxygen atoms in total. The Bertz CT molecular complexity index is 559. The highest BCUT2D eigenvalue weighted by atomic mass is 32.1. The maximum absolute atomic E-state index is 10.9. The highest BCUT2D eigenvalue weighted by molar-refractivity contribution is 7.09. The maximum Gasteiger partial charge on any atom is 0.371 e. The minimum absolute atomic E-state index is 0.00770. The summed E-state index contributed by atoms with van der Waals surface area (Å²) in [7, 11) is 0. The van der Waals surface area contributed by atoms with Gasteiger partial charge in [0, 0.05) is 17.5 Å². The van der Waals surface area contributed by atoms with Crippen LogP contribution >= 0.6 is 11.3 Å². The summed E-state index contributed by atoms with van der Waals surface area (Å²) in [5.74, 6) is -0.350. The van der Waals surface area contributed by atoms with Crippen LogP contribution in [0.4, 0.5) is 0 Å². The summed E-state index contributed by atoms with van der Waals surface area (Å²) < 4.78 is 5.42. The van der Waals surface area contributed by atoms with E-state index in [0.29, 0.717) is 11.8 Å². The van der Waals surface area contributed by atoms with E-state index in [1.807, 2.05) is 13.0 Å². The van der Waals surface area contributed by atoms with Gasteiger partial charge in [-0.1, -0.05) is 6.07 Å². The van der Waals surface area contributed by atoms with Crippen LogP contribution < -0.4 is 0 Å². The molecule has 0 saturated carbocycles. The molecule has 5 heteroatoms. The summed E-state index contributed by atoms with van der Waals surface area (Å²) in [6, 6.07) is 7.78. The molecular formula is C15H19NO3S. The van der Waals surface area contributed by atoms with Crippen molar-refractivity contribution in [1.82, 2.24) is 4.90 Å². The molecule has 0 fully saturated rings. The van der Waals surface area contributed by atoms with Crippen molar-refractivity contribution in [3.8, 4) is 0 Å². The first-order valence-electron chi connectivity index (χ1n) is 6.60. The molecule has 0 aliphatic carbocycles. The third-order valence-corrected chi connectivity index (χ3v) is 4.19. The van der Waals surface area contributed by atoms with Crippen molar-refractivity contribution in [3.63, 3.8) is 0 Å². The Kier molecular flexibility index (Phi) is 4.62. The summed E-state index contributed by atoms with van der Waals surface area (Å²) in [6.45, 7) is 7.13. The molecular weight excluding hydrogens is 274 g/mol. The number of carboxylic acids is 1. The Labute approximate surface area is 122 Å². The average molecular weight is 293 g/mol. The van der Waals surface area contributed by atoms with Gasteiger partial charge in [0.1, 0.15) is 5.76 Å². The van der Waals surface area contributed by atoms with Gasteiger partial charge in [0.2, 0.25) is 5.76 Å². The second kappa shape index (κ2) is 6.24. The van der Waals surface area contributed by atoms with E-state index in [0.717, 1.165) is 6.54 Å². The number of furan rings is 1. The van der Waals surface area contributed by atoms with Gasteiger partial charge in [-0.15, -0.1) is 11.3 Å². The van der Waals surface area contributed by atoms with Gasteiger partial charge >= 0.3 is 5.97 Å². The molecule has 0 bridgehead atoms. The fourth-order valence-corrected chi connectivity index (χ4v) is 2.92. The van der Waals surface area contributed by atoms with Crippen molar-refractivity contribution >= 4 is 17.3 Å². The highest BCUT2D eigenvalue weighted by Gasteiger charge is 2.23. The predicted molar refractivity (Wildman–Crippen MR) is 79.1 cm³/mol. The largest absolute Gasteiger partial charge is 0.475 e. The molecule has 2 heterocycles. The van der Waals surface area contributed by atoms with E-state index in [9.17, 15) is 4.79 Å². The summed E-state index contributed by atoms with van der Waals surface area (Å²) in [6.07, 6.45) is 0. The zero-order chi connectivity index (χ0) is 14.7. The number of carboxylic acid groups (broad SMARTS) is 1. The van der Waals surface area contributed by atoms with Crippen molar-refractivity contribution in [1.29, 1.82) is 0 Å². The van der Waals surface area contributed by atoms with Crippen LogP contribution in [0.25, 0.3) is 0 Å². The van der Waals surface area contributed by atoms with Gasteiger partial charge in [-0.25, -0.2) is 4.79 Å². The summed E-state index contributed by atoms with van der Waals surface area (Å²) in [5, 5.41) is 11.0. The van der Waals surface area contributed by atoms with Crippen LogP contribution in [0.1, 0.15) is 48.0 Å². The molecule has 1 unspecified atom stereocenters. The summed E-state index contributed by atoms with van der Waals surface area (Å²) in [5.41, 5.74) is 0. The van der Waals surface area contributed by atoms with Crippen molar-refractivity contribution in [2.75, 3.05) is 0 Å². The molecule has 0 amide bonds. The maximum atomic E-state index is 10.9. The Morgan fingerprint density at radius 3 is 2.60 bits per heavy atom. The van der Waals surface area contributed by atoms with Crippen LogP contribution in [0.3, 0.4) is 0 Å². The molecule has 0 saturated heterocycles. The third-order valence-electron chi connectivity index (χ3n) is 3.33. The monoisotopic (exact) mass is 293 g/mol. The number of carbonyl (C=O) groups is 1. The minimum atomic E-state index is -1.03. The van der Waals surface area contributed by atoms with Crippen molar-refractivity contribution < 1.29 is 14.3 Å². The molecule has 0 aliphatic rings. The van der Waals surface area contributed by atoms with Crippen LogP contribution in [0, 0.1) is 0 Å². The highest BCUT2D eigenvalue weighted by Crippen LogP contribution is 2.27.